The second kappa shape index (κ2) is 11.6. The van der Waals surface area contributed by atoms with Crippen molar-refractivity contribution < 1.29 is 9.53 Å². The maximum Gasteiger partial charge on any atom is 0.250 e. The highest BCUT2D eigenvalue weighted by atomic mass is 79.9. The van der Waals surface area contributed by atoms with Crippen LogP contribution in [0.25, 0.3) is 17.1 Å². The van der Waals surface area contributed by atoms with E-state index in [-0.39, 0.29) is 11.7 Å². The van der Waals surface area contributed by atoms with Crippen molar-refractivity contribution in [1.82, 2.24) is 20.2 Å². The number of hydrogen-bond acceptors (Lipinski definition) is 6. The normalized spacial score (nSPS) is 11.0. The highest BCUT2D eigenvalue weighted by molar-refractivity contribution is 9.10. The van der Waals surface area contributed by atoms with Gasteiger partial charge in [-0.15, -0.1) is 10.2 Å². The molecule has 0 aliphatic carbocycles. The molecule has 0 radical (unpaired) electrons. The summed E-state index contributed by atoms with van der Waals surface area (Å²) in [6.07, 6.45) is 1.59. The Kier molecular flexibility index (Phi) is 8.11. The molecule has 0 aliphatic heterocycles. The molecule has 0 bridgehead atoms. The number of carbonyl (C=O) groups excluding carboxylic acids is 1. The molecule has 172 valence electrons. The van der Waals surface area contributed by atoms with Gasteiger partial charge in [0.1, 0.15) is 5.75 Å². The van der Waals surface area contributed by atoms with E-state index in [0.717, 1.165) is 27.0 Å². The topological polar surface area (TPSA) is 81.4 Å². The van der Waals surface area contributed by atoms with Crippen LogP contribution in [0.1, 0.15) is 12.5 Å². The van der Waals surface area contributed by atoms with E-state index in [9.17, 15) is 4.79 Å². The van der Waals surface area contributed by atoms with E-state index >= 15 is 0 Å². The smallest absolute Gasteiger partial charge is 0.250 e. The summed E-state index contributed by atoms with van der Waals surface area (Å²) in [6, 6.07) is 25.2. The standard InChI is InChI=1S/C25H22BrN5O2S/c1-2-33-22-14-8-18(9-15-22)16-27-28-23(32)17-34-25-30-29-24(19-10-12-20(26)13-11-19)31(25)21-6-4-3-5-7-21/h3-16H,2,17H2,1H3,(H,28,32)/b27-16-. The zero-order valence-electron chi connectivity index (χ0n) is 18.4. The molecule has 0 unspecified atom stereocenters. The van der Waals surface area contributed by atoms with E-state index < -0.39 is 0 Å². The van der Waals surface area contributed by atoms with Crippen molar-refractivity contribution in [3.63, 3.8) is 0 Å². The van der Waals surface area contributed by atoms with E-state index in [1.807, 2.05) is 90.4 Å². The Labute approximate surface area is 210 Å². The summed E-state index contributed by atoms with van der Waals surface area (Å²) in [6.45, 7) is 2.55. The molecule has 0 atom stereocenters. The lowest BCUT2D eigenvalue weighted by Gasteiger charge is -2.10. The molecule has 4 aromatic rings. The Morgan fingerprint density at radius 3 is 2.50 bits per heavy atom. The molecule has 3 aromatic carbocycles. The first-order chi connectivity index (χ1) is 16.6. The third-order valence-corrected chi connectivity index (χ3v) is 6.13. The minimum Gasteiger partial charge on any atom is -0.494 e. The van der Waals surface area contributed by atoms with Gasteiger partial charge in [-0.3, -0.25) is 9.36 Å². The van der Waals surface area contributed by atoms with Crippen molar-refractivity contribution in [2.24, 2.45) is 5.10 Å². The van der Waals surface area contributed by atoms with Gasteiger partial charge in [0.15, 0.2) is 11.0 Å². The molecule has 0 saturated carbocycles. The van der Waals surface area contributed by atoms with E-state index in [1.165, 1.54) is 11.8 Å². The maximum absolute atomic E-state index is 12.4. The van der Waals surface area contributed by atoms with Crippen LogP contribution in [-0.4, -0.2) is 39.2 Å². The molecular weight excluding hydrogens is 514 g/mol. The fourth-order valence-corrected chi connectivity index (χ4v) is 4.13. The summed E-state index contributed by atoms with van der Waals surface area (Å²) < 4.78 is 8.36. The Balaban J connectivity index is 1.44. The Morgan fingerprint density at radius 2 is 1.79 bits per heavy atom. The number of hydrogen-bond donors (Lipinski definition) is 1. The average molecular weight is 536 g/mol. The molecule has 0 spiro atoms. The lowest BCUT2D eigenvalue weighted by atomic mass is 10.2. The third-order valence-electron chi connectivity index (χ3n) is 4.68. The number of hydrazone groups is 1. The largest absolute Gasteiger partial charge is 0.494 e. The van der Waals surface area contributed by atoms with Gasteiger partial charge in [0.2, 0.25) is 0 Å². The molecular formula is C25H22BrN5O2S. The SMILES string of the molecule is CCOc1ccc(/C=N\NC(=O)CSc2nnc(-c3ccc(Br)cc3)n2-c2ccccc2)cc1. The first-order valence-electron chi connectivity index (χ1n) is 10.6. The monoisotopic (exact) mass is 535 g/mol. The van der Waals surface area contributed by atoms with Gasteiger partial charge in [0.25, 0.3) is 5.91 Å². The number of carbonyl (C=O) groups is 1. The van der Waals surface area contributed by atoms with Crippen molar-refractivity contribution in [2.75, 3.05) is 12.4 Å². The van der Waals surface area contributed by atoms with E-state index in [0.29, 0.717) is 17.6 Å². The van der Waals surface area contributed by atoms with Crippen molar-refractivity contribution in [1.29, 1.82) is 0 Å². The van der Waals surface area contributed by atoms with Crippen LogP contribution in [0.2, 0.25) is 0 Å². The zero-order valence-corrected chi connectivity index (χ0v) is 20.8. The molecule has 4 rings (SSSR count). The molecule has 0 fully saturated rings. The second-order valence-electron chi connectivity index (χ2n) is 7.07. The number of ether oxygens (including phenoxy) is 1. The van der Waals surface area contributed by atoms with Gasteiger partial charge in [-0.05, 0) is 61.0 Å². The van der Waals surface area contributed by atoms with Crippen LogP contribution in [0.15, 0.2) is 93.6 Å². The highest BCUT2D eigenvalue weighted by Crippen LogP contribution is 2.28. The summed E-state index contributed by atoms with van der Waals surface area (Å²) in [5.41, 5.74) is 5.27. The quantitative estimate of drug-likeness (QED) is 0.178. The lowest BCUT2D eigenvalue weighted by molar-refractivity contribution is -0.118. The van der Waals surface area contributed by atoms with Crippen LogP contribution < -0.4 is 10.2 Å². The number of halogens is 1. The molecule has 7 nitrogen and oxygen atoms in total. The molecule has 0 saturated heterocycles. The number of para-hydroxylation sites is 1. The minimum absolute atomic E-state index is 0.145. The van der Waals surface area contributed by atoms with Crippen LogP contribution in [0.3, 0.4) is 0 Å². The Morgan fingerprint density at radius 1 is 1.06 bits per heavy atom. The summed E-state index contributed by atoms with van der Waals surface area (Å²) in [4.78, 5) is 12.4. The van der Waals surface area contributed by atoms with Gasteiger partial charge in [-0.1, -0.05) is 58.0 Å². The molecule has 0 aliphatic rings. The van der Waals surface area contributed by atoms with Gasteiger partial charge < -0.3 is 4.74 Å². The van der Waals surface area contributed by atoms with Gasteiger partial charge in [-0.2, -0.15) is 5.10 Å². The van der Waals surface area contributed by atoms with Crippen LogP contribution in [0, 0.1) is 0 Å². The molecule has 34 heavy (non-hydrogen) atoms. The molecule has 9 heteroatoms. The van der Waals surface area contributed by atoms with Gasteiger partial charge >= 0.3 is 0 Å². The maximum atomic E-state index is 12.4. The number of benzene rings is 3. The Hall–Kier alpha value is -3.43. The summed E-state index contributed by atoms with van der Waals surface area (Å²) in [7, 11) is 0. The van der Waals surface area contributed by atoms with E-state index in [1.54, 1.807) is 6.21 Å². The number of rotatable bonds is 9. The predicted octanol–water partition coefficient (Wildman–Crippen LogP) is 5.34. The average Bonchev–Trinajstić information content (AvgIpc) is 3.29. The third kappa shape index (κ3) is 6.12. The van der Waals surface area contributed by atoms with Crippen LogP contribution in [-0.2, 0) is 4.79 Å². The van der Waals surface area contributed by atoms with Gasteiger partial charge in [0, 0.05) is 15.7 Å². The summed E-state index contributed by atoms with van der Waals surface area (Å²) in [5, 5.41) is 13.4. The van der Waals surface area contributed by atoms with Crippen LogP contribution in [0.4, 0.5) is 0 Å². The number of aromatic nitrogens is 3. The highest BCUT2D eigenvalue weighted by Gasteiger charge is 2.17. The summed E-state index contributed by atoms with van der Waals surface area (Å²) in [5.74, 6) is 1.41. The fourth-order valence-electron chi connectivity index (χ4n) is 3.12. The first-order valence-corrected chi connectivity index (χ1v) is 12.4. The molecule has 1 aromatic heterocycles. The van der Waals surface area contributed by atoms with Crippen molar-refractivity contribution >= 4 is 39.8 Å². The first kappa shape index (κ1) is 23.7. The van der Waals surface area contributed by atoms with Crippen molar-refractivity contribution in [3.05, 3.63) is 88.9 Å². The predicted molar refractivity (Wildman–Crippen MR) is 139 cm³/mol. The molecule has 1 amide bonds. The van der Waals surface area contributed by atoms with Gasteiger partial charge in [0.05, 0.1) is 18.6 Å². The van der Waals surface area contributed by atoms with Crippen molar-refractivity contribution in [2.45, 2.75) is 12.1 Å². The van der Waals surface area contributed by atoms with Crippen molar-refractivity contribution in [3.8, 4) is 22.8 Å². The van der Waals surface area contributed by atoms with Crippen LogP contribution >= 0.6 is 27.7 Å². The van der Waals surface area contributed by atoms with Crippen LogP contribution in [0.5, 0.6) is 5.75 Å². The van der Waals surface area contributed by atoms with E-state index in [4.69, 9.17) is 4.74 Å². The van der Waals surface area contributed by atoms with E-state index in [2.05, 4.69) is 36.7 Å². The number of amides is 1. The number of nitrogens with zero attached hydrogens (tertiary/aromatic N) is 4. The number of thioether (sulfide) groups is 1. The Bertz CT molecular complexity index is 1260. The molecule has 1 heterocycles. The lowest BCUT2D eigenvalue weighted by Crippen LogP contribution is -2.20. The van der Waals surface area contributed by atoms with Gasteiger partial charge in [-0.25, -0.2) is 5.43 Å². The summed E-state index contributed by atoms with van der Waals surface area (Å²) >= 11 is 4.76. The second-order valence-corrected chi connectivity index (χ2v) is 8.93. The fraction of sp³-hybridized carbons (Fsp3) is 0.120. The number of nitrogens with one attached hydrogen (secondary N) is 1. The zero-order chi connectivity index (χ0) is 23.8. The minimum atomic E-state index is -0.236. The molecule has 1 N–H and O–H groups in total.